The van der Waals surface area contributed by atoms with Gasteiger partial charge < -0.3 is 5.32 Å². The average molecular weight is 279 g/mol. The molecule has 0 fully saturated rings. The highest BCUT2D eigenvalue weighted by Crippen LogP contribution is 2.17. The number of benzene rings is 1. The summed E-state index contributed by atoms with van der Waals surface area (Å²) < 4.78 is 0. The molecule has 2 unspecified atom stereocenters. The number of nitrogens with one attached hydrogen (secondary N) is 1. The molecule has 1 aromatic rings. The summed E-state index contributed by atoms with van der Waals surface area (Å²) >= 11 is 2.11. The fraction of sp³-hybridized carbons (Fsp3) is 0.647. The van der Waals surface area contributed by atoms with Crippen LogP contribution in [-0.2, 0) is 6.42 Å². The molecule has 0 amide bonds. The average Bonchev–Trinajstić information content (AvgIpc) is 2.45. The topological polar surface area (TPSA) is 12.0 Å². The third kappa shape index (κ3) is 7.64. The molecule has 1 nitrogen and oxygen atoms in total. The molecule has 108 valence electrons. The van der Waals surface area contributed by atoms with Gasteiger partial charge in [0.05, 0.1) is 0 Å². The minimum atomic E-state index is 0.674. The third-order valence-electron chi connectivity index (χ3n) is 3.51. The van der Waals surface area contributed by atoms with Crippen molar-refractivity contribution in [3.8, 4) is 0 Å². The fourth-order valence-electron chi connectivity index (χ4n) is 2.13. The highest BCUT2D eigenvalue weighted by atomic mass is 32.2. The van der Waals surface area contributed by atoms with Crippen molar-refractivity contribution in [3.05, 3.63) is 35.9 Å². The summed E-state index contributed by atoms with van der Waals surface area (Å²) in [5.74, 6) is 1.25. The maximum Gasteiger partial charge on any atom is 0.0158 e. The normalized spacial score (nSPS) is 14.3. The second-order valence-electron chi connectivity index (χ2n) is 5.18. The predicted molar refractivity (Wildman–Crippen MR) is 89.1 cm³/mol. The van der Waals surface area contributed by atoms with E-state index >= 15 is 0 Å². The minimum Gasteiger partial charge on any atom is -0.313 e. The van der Waals surface area contributed by atoms with Crippen molar-refractivity contribution < 1.29 is 0 Å². The summed E-state index contributed by atoms with van der Waals surface area (Å²) in [7, 11) is 0. The molecule has 2 atom stereocenters. The molecule has 0 spiro atoms. The van der Waals surface area contributed by atoms with E-state index in [-0.39, 0.29) is 0 Å². The van der Waals surface area contributed by atoms with Crippen LogP contribution in [0.5, 0.6) is 0 Å². The zero-order chi connectivity index (χ0) is 13.9. The second-order valence-corrected chi connectivity index (χ2v) is 6.66. The quantitative estimate of drug-likeness (QED) is 0.676. The lowest BCUT2D eigenvalue weighted by Crippen LogP contribution is -2.31. The molecule has 0 aliphatic rings. The molecule has 0 saturated heterocycles. The van der Waals surface area contributed by atoms with E-state index in [0.29, 0.717) is 6.04 Å². The van der Waals surface area contributed by atoms with E-state index in [0.717, 1.165) is 11.8 Å². The van der Waals surface area contributed by atoms with Crippen molar-refractivity contribution in [2.45, 2.75) is 57.7 Å². The Balaban J connectivity index is 2.25. The Kier molecular flexibility index (Phi) is 9.02. The molecule has 2 heteroatoms. The monoisotopic (exact) mass is 279 g/mol. The molecule has 0 radical (unpaired) electrons. The molecular formula is C17H29NS. The van der Waals surface area contributed by atoms with Gasteiger partial charge in [0.15, 0.2) is 0 Å². The predicted octanol–water partition coefficient (Wildman–Crippen LogP) is 4.52. The molecule has 0 heterocycles. The smallest absolute Gasteiger partial charge is 0.0158 e. The standard InChI is InChI=1S/C17H29NS/c1-4-15(3)19-14-17(18-5-2)13-9-12-16-10-7-6-8-11-16/h6-8,10-11,15,17-18H,4-5,9,12-14H2,1-3H3. The zero-order valence-electron chi connectivity index (χ0n) is 12.7. The van der Waals surface area contributed by atoms with Gasteiger partial charge in [-0.05, 0) is 37.8 Å². The molecule has 0 saturated carbocycles. The molecule has 19 heavy (non-hydrogen) atoms. The van der Waals surface area contributed by atoms with Crippen molar-refractivity contribution >= 4 is 11.8 Å². The SMILES string of the molecule is CCNC(CCCc1ccccc1)CSC(C)CC. The van der Waals surface area contributed by atoms with Crippen molar-refractivity contribution in [1.29, 1.82) is 0 Å². The Bertz CT molecular complexity index is 312. The van der Waals surface area contributed by atoms with Gasteiger partial charge in [-0.15, -0.1) is 0 Å². The first-order valence-electron chi connectivity index (χ1n) is 7.65. The number of thioether (sulfide) groups is 1. The molecule has 0 aliphatic carbocycles. The minimum absolute atomic E-state index is 0.674. The Morgan fingerprint density at radius 3 is 2.53 bits per heavy atom. The van der Waals surface area contributed by atoms with Gasteiger partial charge in [0, 0.05) is 17.0 Å². The van der Waals surface area contributed by atoms with Crippen LogP contribution in [0, 0.1) is 0 Å². The maximum atomic E-state index is 3.63. The van der Waals surface area contributed by atoms with E-state index in [9.17, 15) is 0 Å². The van der Waals surface area contributed by atoms with Crippen LogP contribution in [0.2, 0.25) is 0 Å². The maximum absolute atomic E-state index is 3.63. The Morgan fingerprint density at radius 1 is 1.16 bits per heavy atom. The molecule has 1 aromatic carbocycles. The van der Waals surface area contributed by atoms with Gasteiger partial charge in [-0.25, -0.2) is 0 Å². The van der Waals surface area contributed by atoms with E-state index < -0.39 is 0 Å². The third-order valence-corrected chi connectivity index (χ3v) is 5.01. The van der Waals surface area contributed by atoms with Crippen LogP contribution < -0.4 is 5.32 Å². The number of aryl methyl sites for hydroxylation is 1. The van der Waals surface area contributed by atoms with Crippen molar-refractivity contribution in [2.75, 3.05) is 12.3 Å². The first kappa shape index (κ1) is 16.6. The second kappa shape index (κ2) is 10.3. The Morgan fingerprint density at radius 2 is 1.89 bits per heavy atom. The fourth-order valence-corrected chi connectivity index (χ4v) is 3.21. The van der Waals surface area contributed by atoms with E-state index in [1.165, 1.54) is 37.0 Å². The van der Waals surface area contributed by atoms with Gasteiger partial charge >= 0.3 is 0 Å². The number of hydrogen-bond acceptors (Lipinski definition) is 2. The van der Waals surface area contributed by atoms with Crippen molar-refractivity contribution in [3.63, 3.8) is 0 Å². The van der Waals surface area contributed by atoms with Gasteiger partial charge in [-0.2, -0.15) is 11.8 Å². The first-order chi connectivity index (χ1) is 9.26. The van der Waals surface area contributed by atoms with Crippen LogP contribution in [0.1, 0.15) is 45.6 Å². The summed E-state index contributed by atoms with van der Waals surface area (Å²) in [6, 6.07) is 11.5. The highest BCUT2D eigenvalue weighted by Gasteiger charge is 2.09. The van der Waals surface area contributed by atoms with Crippen LogP contribution in [0.15, 0.2) is 30.3 Å². The Hall–Kier alpha value is -0.470. The summed E-state index contributed by atoms with van der Waals surface area (Å²) in [6.45, 7) is 7.89. The van der Waals surface area contributed by atoms with Gasteiger partial charge in [0.1, 0.15) is 0 Å². The molecular weight excluding hydrogens is 250 g/mol. The van der Waals surface area contributed by atoms with Gasteiger partial charge in [0.25, 0.3) is 0 Å². The van der Waals surface area contributed by atoms with Gasteiger partial charge in [-0.1, -0.05) is 51.1 Å². The van der Waals surface area contributed by atoms with Gasteiger partial charge in [-0.3, -0.25) is 0 Å². The first-order valence-corrected chi connectivity index (χ1v) is 8.70. The van der Waals surface area contributed by atoms with Gasteiger partial charge in [0.2, 0.25) is 0 Å². The van der Waals surface area contributed by atoms with E-state index in [4.69, 9.17) is 0 Å². The molecule has 1 N–H and O–H groups in total. The molecule has 0 aliphatic heterocycles. The molecule has 0 bridgehead atoms. The van der Waals surface area contributed by atoms with E-state index in [1.807, 2.05) is 0 Å². The summed E-state index contributed by atoms with van der Waals surface area (Å²) in [6.07, 6.45) is 5.04. The Labute approximate surface area is 123 Å². The van der Waals surface area contributed by atoms with Crippen LogP contribution >= 0.6 is 11.8 Å². The zero-order valence-corrected chi connectivity index (χ0v) is 13.5. The number of hydrogen-bond donors (Lipinski definition) is 1. The van der Waals surface area contributed by atoms with Crippen LogP contribution in [-0.4, -0.2) is 23.6 Å². The lowest BCUT2D eigenvalue weighted by Gasteiger charge is -2.19. The van der Waals surface area contributed by atoms with Crippen LogP contribution in [0.4, 0.5) is 0 Å². The molecule has 1 rings (SSSR count). The van der Waals surface area contributed by atoms with E-state index in [2.05, 4.69) is 68.2 Å². The van der Waals surface area contributed by atoms with Crippen LogP contribution in [0.25, 0.3) is 0 Å². The molecule has 0 aromatic heterocycles. The summed E-state index contributed by atoms with van der Waals surface area (Å²) in [5.41, 5.74) is 1.47. The van der Waals surface area contributed by atoms with Crippen LogP contribution in [0.3, 0.4) is 0 Å². The van der Waals surface area contributed by atoms with E-state index in [1.54, 1.807) is 0 Å². The lowest BCUT2D eigenvalue weighted by atomic mass is 10.1. The lowest BCUT2D eigenvalue weighted by molar-refractivity contribution is 0.518. The van der Waals surface area contributed by atoms with Crippen molar-refractivity contribution in [1.82, 2.24) is 5.32 Å². The van der Waals surface area contributed by atoms with Crippen molar-refractivity contribution in [2.24, 2.45) is 0 Å². The number of rotatable bonds is 10. The summed E-state index contributed by atoms with van der Waals surface area (Å²) in [5, 5.41) is 4.41. The largest absolute Gasteiger partial charge is 0.313 e. The summed E-state index contributed by atoms with van der Waals surface area (Å²) in [4.78, 5) is 0. The highest BCUT2D eigenvalue weighted by molar-refractivity contribution is 7.99.